The van der Waals surface area contributed by atoms with Crippen LogP contribution < -0.4 is 16.4 Å². The average molecular weight is 277 g/mol. The molecule has 2 amide bonds. The fourth-order valence-electron chi connectivity index (χ4n) is 2.26. The largest absolute Gasteiger partial charge is 0.383 e. The first kappa shape index (κ1) is 14.5. The van der Waals surface area contributed by atoms with Crippen LogP contribution in [0.1, 0.15) is 33.6 Å². The van der Waals surface area contributed by atoms with Crippen LogP contribution in [0, 0.1) is 0 Å². The Morgan fingerprint density at radius 3 is 2.75 bits per heavy atom. The van der Waals surface area contributed by atoms with Gasteiger partial charge in [0.15, 0.2) is 0 Å². The Kier molecular flexibility index (Phi) is 4.70. The fourth-order valence-corrected chi connectivity index (χ4v) is 2.26. The van der Waals surface area contributed by atoms with E-state index >= 15 is 0 Å². The second-order valence-electron chi connectivity index (χ2n) is 4.77. The molecular formula is C14H19N3O3. The number of fused-ring (bicyclic) bond motifs is 1. The summed E-state index contributed by atoms with van der Waals surface area (Å²) in [5.41, 5.74) is 7.15. The predicted octanol–water partition coefficient (Wildman–Crippen LogP) is 0.736. The Balaban J connectivity index is 2.11. The number of hydrogen-bond donors (Lipinski definition) is 3. The fraction of sp³-hybridized carbons (Fsp3) is 0.429. The van der Waals surface area contributed by atoms with E-state index in [1.165, 1.54) is 0 Å². The quantitative estimate of drug-likeness (QED) is 0.639. The molecular weight excluding hydrogens is 258 g/mol. The zero-order chi connectivity index (χ0) is 14.5. The van der Waals surface area contributed by atoms with Crippen molar-refractivity contribution in [2.45, 2.75) is 18.9 Å². The minimum Gasteiger partial charge on any atom is -0.383 e. The third-order valence-electron chi connectivity index (χ3n) is 3.23. The molecule has 0 aromatic heterocycles. The molecule has 6 heteroatoms. The Morgan fingerprint density at radius 1 is 1.30 bits per heavy atom. The van der Waals surface area contributed by atoms with E-state index in [9.17, 15) is 9.59 Å². The van der Waals surface area contributed by atoms with Gasteiger partial charge in [-0.1, -0.05) is 0 Å². The monoisotopic (exact) mass is 277 g/mol. The third kappa shape index (κ3) is 3.15. The lowest BCUT2D eigenvalue weighted by molar-refractivity contribution is 0.0879. The van der Waals surface area contributed by atoms with Crippen molar-refractivity contribution in [1.29, 1.82) is 0 Å². The molecule has 108 valence electrons. The molecule has 1 aliphatic heterocycles. The second kappa shape index (κ2) is 6.49. The molecule has 0 radical (unpaired) electrons. The maximum absolute atomic E-state index is 11.6. The van der Waals surface area contributed by atoms with E-state index in [-0.39, 0.29) is 17.9 Å². The average Bonchev–Trinajstić information content (AvgIpc) is 2.71. The van der Waals surface area contributed by atoms with E-state index in [1.54, 1.807) is 25.3 Å². The summed E-state index contributed by atoms with van der Waals surface area (Å²) in [6.45, 7) is 1.19. The van der Waals surface area contributed by atoms with Gasteiger partial charge in [0.25, 0.3) is 11.8 Å². The summed E-state index contributed by atoms with van der Waals surface area (Å²) in [6, 6.07) is 5.27. The Bertz CT molecular complexity index is 516. The second-order valence-corrected chi connectivity index (χ2v) is 4.77. The Hall–Kier alpha value is -1.92. The van der Waals surface area contributed by atoms with Crippen LogP contribution in [0.15, 0.2) is 18.2 Å². The molecule has 1 atom stereocenters. The summed E-state index contributed by atoms with van der Waals surface area (Å²) in [7, 11) is 1.64. The van der Waals surface area contributed by atoms with Gasteiger partial charge < -0.3 is 15.8 Å². The van der Waals surface area contributed by atoms with Crippen molar-refractivity contribution in [2.75, 3.05) is 25.6 Å². The third-order valence-corrected chi connectivity index (χ3v) is 3.23. The number of hydrogen-bond acceptors (Lipinski definition) is 5. The van der Waals surface area contributed by atoms with Crippen molar-refractivity contribution in [3.8, 4) is 0 Å². The van der Waals surface area contributed by atoms with Crippen LogP contribution in [0.2, 0.25) is 0 Å². The van der Waals surface area contributed by atoms with Crippen molar-refractivity contribution in [1.82, 2.24) is 5.32 Å². The lowest BCUT2D eigenvalue weighted by Crippen LogP contribution is -2.26. The van der Waals surface area contributed by atoms with Gasteiger partial charge in [-0.15, -0.1) is 0 Å². The SMILES string of the molecule is COCC(CCCN)Nc1ccc2c(c1)C(=O)NC2=O. The van der Waals surface area contributed by atoms with Crippen molar-refractivity contribution in [2.24, 2.45) is 5.73 Å². The highest BCUT2D eigenvalue weighted by molar-refractivity contribution is 6.21. The van der Waals surface area contributed by atoms with Crippen LogP contribution in [0.3, 0.4) is 0 Å². The van der Waals surface area contributed by atoms with E-state index in [2.05, 4.69) is 10.6 Å². The topological polar surface area (TPSA) is 93.4 Å². The molecule has 1 heterocycles. The van der Waals surface area contributed by atoms with E-state index in [1.807, 2.05) is 0 Å². The first-order valence-electron chi connectivity index (χ1n) is 6.61. The van der Waals surface area contributed by atoms with Gasteiger partial charge in [-0.2, -0.15) is 0 Å². The molecule has 2 rings (SSSR count). The van der Waals surface area contributed by atoms with Gasteiger partial charge in [-0.05, 0) is 37.6 Å². The number of amides is 2. The molecule has 1 unspecified atom stereocenters. The summed E-state index contributed by atoms with van der Waals surface area (Å²) in [4.78, 5) is 23.1. The Labute approximate surface area is 117 Å². The van der Waals surface area contributed by atoms with Crippen LogP contribution in [0.25, 0.3) is 0 Å². The maximum atomic E-state index is 11.6. The first-order valence-corrected chi connectivity index (χ1v) is 6.61. The Morgan fingerprint density at radius 2 is 2.05 bits per heavy atom. The van der Waals surface area contributed by atoms with Crippen LogP contribution in [0.5, 0.6) is 0 Å². The molecule has 0 aliphatic carbocycles. The summed E-state index contributed by atoms with van der Waals surface area (Å²) in [5, 5.41) is 5.58. The molecule has 20 heavy (non-hydrogen) atoms. The molecule has 0 spiro atoms. The maximum Gasteiger partial charge on any atom is 0.259 e. The van der Waals surface area contributed by atoms with Gasteiger partial charge >= 0.3 is 0 Å². The highest BCUT2D eigenvalue weighted by Gasteiger charge is 2.26. The number of anilines is 1. The first-order chi connectivity index (χ1) is 9.65. The lowest BCUT2D eigenvalue weighted by atomic mass is 10.1. The van der Waals surface area contributed by atoms with Gasteiger partial charge in [0.05, 0.1) is 17.7 Å². The summed E-state index contributed by atoms with van der Waals surface area (Å²) < 4.78 is 5.17. The molecule has 1 aromatic carbocycles. The molecule has 1 aromatic rings. The molecule has 4 N–H and O–H groups in total. The number of imide groups is 1. The molecule has 0 fully saturated rings. The highest BCUT2D eigenvalue weighted by atomic mass is 16.5. The van der Waals surface area contributed by atoms with Gasteiger partial charge in [0.2, 0.25) is 0 Å². The zero-order valence-corrected chi connectivity index (χ0v) is 11.4. The standard InChI is InChI=1S/C14H19N3O3/c1-20-8-10(3-2-6-15)16-9-4-5-11-12(7-9)14(19)17-13(11)18/h4-5,7,10,16H,2-3,6,8,15H2,1H3,(H,17,18,19). The van der Waals surface area contributed by atoms with Crippen LogP contribution >= 0.6 is 0 Å². The predicted molar refractivity (Wildman–Crippen MR) is 75.8 cm³/mol. The highest BCUT2D eigenvalue weighted by Crippen LogP contribution is 2.21. The number of ether oxygens (including phenoxy) is 1. The van der Waals surface area contributed by atoms with Crippen LogP contribution in [-0.4, -0.2) is 38.1 Å². The van der Waals surface area contributed by atoms with E-state index in [0.717, 1.165) is 18.5 Å². The lowest BCUT2D eigenvalue weighted by Gasteiger charge is -2.19. The van der Waals surface area contributed by atoms with E-state index in [0.29, 0.717) is 24.3 Å². The van der Waals surface area contributed by atoms with Crippen molar-refractivity contribution < 1.29 is 14.3 Å². The number of benzene rings is 1. The van der Waals surface area contributed by atoms with Crippen LogP contribution in [0.4, 0.5) is 5.69 Å². The summed E-state index contributed by atoms with van der Waals surface area (Å²) >= 11 is 0. The van der Waals surface area contributed by atoms with Gasteiger partial charge in [0, 0.05) is 18.8 Å². The van der Waals surface area contributed by atoms with Crippen LogP contribution in [-0.2, 0) is 4.74 Å². The molecule has 6 nitrogen and oxygen atoms in total. The molecule has 0 bridgehead atoms. The van der Waals surface area contributed by atoms with E-state index in [4.69, 9.17) is 10.5 Å². The number of rotatable bonds is 7. The van der Waals surface area contributed by atoms with Crippen molar-refractivity contribution in [3.05, 3.63) is 29.3 Å². The van der Waals surface area contributed by atoms with Crippen molar-refractivity contribution in [3.63, 3.8) is 0 Å². The van der Waals surface area contributed by atoms with Gasteiger partial charge in [-0.3, -0.25) is 14.9 Å². The molecule has 0 saturated carbocycles. The summed E-state index contributed by atoms with van der Waals surface area (Å²) in [6.07, 6.45) is 1.78. The number of methoxy groups -OCH3 is 1. The van der Waals surface area contributed by atoms with Gasteiger partial charge in [-0.25, -0.2) is 0 Å². The number of nitrogens with two attached hydrogens (primary N) is 1. The van der Waals surface area contributed by atoms with Crippen molar-refractivity contribution >= 4 is 17.5 Å². The number of nitrogens with one attached hydrogen (secondary N) is 2. The smallest absolute Gasteiger partial charge is 0.259 e. The summed E-state index contributed by atoms with van der Waals surface area (Å²) in [5.74, 6) is -0.688. The number of carbonyl (C=O) groups excluding carboxylic acids is 2. The van der Waals surface area contributed by atoms with E-state index < -0.39 is 0 Å². The van der Waals surface area contributed by atoms with Gasteiger partial charge in [0.1, 0.15) is 0 Å². The molecule has 0 saturated heterocycles. The minimum absolute atomic E-state index is 0.127. The normalized spacial score (nSPS) is 14.9. The molecule has 1 aliphatic rings. The number of carbonyl (C=O) groups is 2. The minimum atomic E-state index is -0.348. The zero-order valence-electron chi connectivity index (χ0n) is 11.4.